The molecule has 10 heteroatoms. The Bertz CT molecular complexity index is 1490. The van der Waals surface area contributed by atoms with E-state index in [4.69, 9.17) is 16.6 Å². The van der Waals surface area contributed by atoms with Crippen LogP contribution in [0.25, 0.3) is 11.0 Å². The summed E-state index contributed by atoms with van der Waals surface area (Å²) in [5.74, 6) is -0.290. The third-order valence-corrected chi connectivity index (χ3v) is 6.82. The number of halogens is 4. The molecule has 1 aliphatic rings. The molecule has 0 saturated carbocycles. The summed E-state index contributed by atoms with van der Waals surface area (Å²) in [5.41, 5.74) is 1.20. The molecule has 0 fully saturated rings. The molecule has 190 valence electrons. The van der Waals surface area contributed by atoms with Crippen molar-refractivity contribution in [3.8, 4) is 0 Å². The average Bonchev–Trinajstić information content (AvgIpc) is 3.25. The number of benzene rings is 3. The van der Waals surface area contributed by atoms with E-state index in [1.807, 2.05) is 61.5 Å². The van der Waals surface area contributed by atoms with Gasteiger partial charge in [-0.05, 0) is 42.8 Å². The number of nitrogens with one attached hydrogen (secondary N) is 1. The van der Waals surface area contributed by atoms with Gasteiger partial charge in [0.15, 0.2) is 0 Å². The highest BCUT2D eigenvalue weighted by molar-refractivity contribution is 6.33. The van der Waals surface area contributed by atoms with Crippen molar-refractivity contribution in [3.05, 3.63) is 94.8 Å². The van der Waals surface area contributed by atoms with Crippen molar-refractivity contribution in [1.29, 1.82) is 0 Å². The number of fused-ring (bicyclic) bond motifs is 3. The first-order valence-corrected chi connectivity index (χ1v) is 12.0. The number of imidazole rings is 1. The van der Waals surface area contributed by atoms with E-state index in [2.05, 4.69) is 5.32 Å². The SMILES string of the molecule is C[C@H]1c2nc3ccccc3n2[C@H](CC(=O)Nc2cc(C(F)(F)F)ccc2Cl)C(=O)N1Cc1ccccc1. The first kappa shape index (κ1) is 24.8. The summed E-state index contributed by atoms with van der Waals surface area (Å²) in [6.45, 7) is 2.21. The summed E-state index contributed by atoms with van der Waals surface area (Å²) in [6, 6.07) is 18.2. The monoisotopic (exact) mass is 526 g/mol. The first-order valence-electron chi connectivity index (χ1n) is 11.6. The number of alkyl halides is 3. The Labute approximate surface area is 215 Å². The average molecular weight is 527 g/mol. The van der Waals surface area contributed by atoms with E-state index in [1.54, 1.807) is 9.47 Å². The highest BCUT2D eigenvalue weighted by Gasteiger charge is 2.40. The molecule has 6 nitrogen and oxygen atoms in total. The van der Waals surface area contributed by atoms with Crippen molar-refractivity contribution in [3.63, 3.8) is 0 Å². The zero-order chi connectivity index (χ0) is 26.3. The number of anilines is 1. The van der Waals surface area contributed by atoms with Gasteiger partial charge in [-0.25, -0.2) is 4.98 Å². The Morgan fingerprint density at radius 3 is 2.49 bits per heavy atom. The van der Waals surface area contributed by atoms with Gasteiger partial charge >= 0.3 is 6.18 Å². The normalized spacial score (nSPS) is 17.6. The number of carbonyl (C=O) groups is 2. The molecule has 4 aromatic rings. The largest absolute Gasteiger partial charge is 0.416 e. The molecular formula is C27H22ClF3N4O2. The molecule has 0 saturated heterocycles. The van der Waals surface area contributed by atoms with E-state index >= 15 is 0 Å². The molecule has 1 aromatic heterocycles. The fraction of sp³-hybridized carbons (Fsp3) is 0.222. The molecule has 0 aliphatic carbocycles. The number of amides is 2. The van der Waals surface area contributed by atoms with Crippen LogP contribution in [-0.4, -0.2) is 26.3 Å². The van der Waals surface area contributed by atoms with Gasteiger partial charge in [-0.15, -0.1) is 0 Å². The molecule has 0 unspecified atom stereocenters. The van der Waals surface area contributed by atoms with E-state index in [1.165, 1.54) is 0 Å². The van der Waals surface area contributed by atoms with Gasteiger partial charge in [0.25, 0.3) is 0 Å². The van der Waals surface area contributed by atoms with Crippen molar-refractivity contribution in [2.24, 2.45) is 0 Å². The minimum absolute atomic E-state index is 0.0376. The maximum absolute atomic E-state index is 13.8. The van der Waals surface area contributed by atoms with E-state index in [-0.39, 0.29) is 29.1 Å². The number of aromatic nitrogens is 2. The van der Waals surface area contributed by atoms with E-state index < -0.39 is 23.7 Å². The molecule has 3 aromatic carbocycles. The number of hydrogen-bond donors (Lipinski definition) is 1. The Hall–Kier alpha value is -3.85. The van der Waals surface area contributed by atoms with E-state index in [0.29, 0.717) is 23.4 Å². The van der Waals surface area contributed by atoms with Crippen LogP contribution in [0.1, 0.15) is 42.4 Å². The predicted octanol–water partition coefficient (Wildman–Crippen LogP) is 6.38. The third-order valence-electron chi connectivity index (χ3n) is 6.49. The molecule has 5 rings (SSSR count). The number of rotatable bonds is 5. The van der Waals surface area contributed by atoms with Gasteiger partial charge < -0.3 is 14.8 Å². The lowest BCUT2D eigenvalue weighted by Crippen LogP contribution is -2.45. The molecule has 2 amide bonds. The minimum atomic E-state index is -4.60. The van der Waals surface area contributed by atoms with Gasteiger partial charge in [0.2, 0.25) is 11.8 Å². The zero-order valence-electron chi connectivity index (χ0n) is 19.7. The summed E-state index contributed by atoms with van der Waals surface area (Å²) in [4.78, 5) is 33.3. The van der Waals surface area contributed by atoms with Crippen LogP contribution in [0.15, 0.2) is 72.8 Å². The lowest BCUT2D eigenvalue weighted by Gasteiger charge is -2.38. The molecule has 0 radical (unpaired) electrons. The van der Waals surface area contributed by atoms with Gasteiger partial charge in [-0.2, -0.15) is 13.2 Å². The highest BCUT2D eigenvalue weighted by Crippen LogP contribution is 2.38. The van der Waals surface area contributed by atoms with Crippen LogP contribution in [-0.2, 0) is 22.3 Å². The summed E-state index contributed by atoms with van der Waals surface area (Å²) in [7, 11) is 0. The summed E-state index contributed by atoms with van der Waals surface area (Å²) < 4.78 is 41.3. The molecular weight excluding hydrogens is 505 g/mol. The second-order valence-corrected chi connectivity index (χ2v) is 9.32. The zero-order valence-corrected chi connectivity index (χ0v) is 20.4. The molecule has 37 heavy (non-hydrogen) atoms. The van der Waals surface area contributed by atoms with Crippen molar-refractivity contribution in [1.82, 2.24) is 14.5 Å². The maximum Gasteiger partial charge on any atom is 0.416 e. The number of hydrogen-bond acceptors (Lipinski definition) is 3. The lowest BCUT2D eigenvalue weighted by molar-refractivity contribution is -0.142. The first-order chi connectivity index (χ1) is 17.6. The second-order valence-electron chi connectivity index (χ2n) is 8.92. The van der Waals surface area contributed by atoms with Crippen LogP contribution in [0.5, 0.6) is 0 Å². The van der Waals surface area contributed by atoms with Crippen LogP contribution in [0, 0.1) is 0 Å². The van der Waals surface area contributed by atoms with Crippen LogP contribution in [0.4, 0.5) is 18.9 Å². The fourth-order valence-electron chi connectivity index (χ4n) is 4.67. The van der Waals surface area contributed by atoms with Crippen LogP contribution in [0.2, 0.25) is 5.02 Å². The summed E-state index contributed by atoms with van der Waals surface area (Å²) >= 11 is 6.06. The molecule has 2 heterocycles. The van der Waals surface area contributed by atoms with Gasteiger partial charge in [0, 0.05) is 6.54 Å². The molecule has 0 bridgehead atoms. The van der Waals surface area contributed by atoms with Gasteiger partial charge in [-0.3, -0.25) is 9.59 Å². The molecule has 1 aliphatic heterocycles. The topological polar surface area (TPSA) is 67.2 Å². The van der Waals surface area contributed by atoms with E-state index in [9.17, 15) is 22.8 Å². The standard InChI is InChI=1S/C27H22ClF3N4O2/c1-16-25-33-20-9-5-6-10-22(20)35(25)23(26(37)34(16)15-17-7-3-2-4-8-17)14-24(36)32-21-13-18(27(29,30)31)11-12-19(21)28/h2-13,16,23H,14-15H2,1H3,(H,32,36)/t16-,23+/m0/s1. The van der Waals surface area contributed by atoms with Crippen LogP contribution in [0.3, 0.4) is 0 Å². The van der Waals surface area contributed by atoms with Gasteiger partial charge in [0.05, 0.1) is 39.8 Å². The molecule has 0 spiro atoms. The second kappa shape index (κ2) is 9.55. The lowest BCUT2D eigenvalue weighted by atomic mass is 10.0. The van der Waals surface area contributed by atoms with Crippen LogP contribution >= 0.6 is 11.6 Å². The fourth-order valence-corrected chi connectivity index (χ4v) is 4.83. The van der Waals surface area contributed by atoms with Crippen molar-refractivity contribution in [2.45, 2.75) is 38.1 Å². The number of carbonyl (C=O) groups excluding carboxylic acids is 2. The van der Waals surface area contributed by atoms with Crippen molar-refractivity contribution >= 4 is 40.1 Å². The quantitative estimate of drug-likeness (QED) is 0.328. The van der Waals surface area contributed by atoms with Crippen LogP contribution < -0.4 is 5.32 Å². The van der Waals surface area contributed by atoms with Crippen molar-refractivity contribution < 1.29 is 22.8 Å². The number of para-hydroxylation sites is 2. The Kier molecular flexibility index (Phi) is 6.41. The van der Waals surface area contributed by atoms with E-state index in [0.717, 1.165) is 23.8 Å². The highest BCUT2D eigenvalue weighted by atomic mass is 35.5. The Morgan fingerprint density at radius 2 is 1.76 bits per heavy atom. The number of nitrogens with zero attached hydrogens (tertiary/aromatic N) is 3. The smallest absolute Gasteiger partial charge is 0.327 e. The molecule has 1 N–H and O–H groups in total. The molecule has 2 atom stereocenters. The predicted molar refractivity (Wildman–Crippen MR) is 134 cm³/mol. The third kappa shape index (κ3) is 4.79. The minimum Gasteiger partial charge on any atom is -0.327 e. The van der Waals surface area contributed by atoms with Crippen molar-refractivity contribution in [2.75, 3.05) is 5.32 Å². The summed E-state index contributed by atoms with van der Waals surface area (Å²) in [5, 5.41) is 2.42. The van der Waals surface area contributed by atoms with Gasteiger partial charge in [-0.1, -0.05) is 54.1 Å². The summed E-state index contributed by atoms with van der Waals surface area (Å²) in [6.07, 6.45) is -4.90. The Balaban J connectivity index is 1.49. The van der Waals surface area contributed by atoms with Gasteiger partial charge in [0.1, 0.15) is 11.9 Å². The maximum atomic E-state index is 13.8. The Morgan fingerprint density at radius 1 is 1.05 bits per heavy atom.